The maximum Gasteiger partial charge on any atom is 0.231 e. The molecule has 0 saturated carbocycles. The largest absolute Gasteiger partial charge is 0.317 e. The highest BCUT2D eigenvalue weighted by Gasteiger charge is 2.26. The molecule has 0 radical (unpaired) electrons. The van der Waals surface area contributed by atoms with Crippen molar-refractivity contribution in [2.24, 2.45) is 0 Å². The number of hydrogen-bond donors (Lipinski definition) is 1. The van der Waals surface area contributed by atoms with Crippen LogP contribution in [0.25, 0.3) is 0 Å². The second-order valence-corrected chi connectivity index (χ2v) is 6.82. The molecule has 4 heteroatoms. The highest BCUT2D eigenvalue weighted by Crippen LogP contribution is 2.25. The first-order chi connectivity index (χ1) is 11.6. The van der Waals surface area contributed by atoms with Crippen LogP contribution in [-0.4, -0.2) is 25.0 Å². The first kappa shape index (κ1) is 17.0. The van der Waals surface area contributed by atoms with E-state index in [9.17, 15) is 4.79 Å². The third-order valence-electron chi connectivity index (χ3n) is 4.52. The van der Waals surface area contributed by atoms with Gasteiger partial charge in [-0.1, -0.05) is 41.4 Å². The molecule has 1 saturated heterocycles. The van der Waals surface area contributed by atoms with Crippen LogP contribution in [0.2, 0.25) is 5.02 Å². The van der Waals surface area contributed by atoms with E-state index in [1.807, 2.05) is 41.3 Å². The van der Waals surface area contributed by atoms with E-state index < -0.39 is 0 Å². The molecule has 2 aromatic carbocycles. The van der Waals surface area contributed by atoms with Gasteiger partial charge >= 0.3 is 0 Å². The van der Waals surface area contributed by atoms with Gasteiger partial charge in [0, 0.05) is 16.8 Å². The van der Waals surface area contributed by atoms with Gasteiger partial charge in [-0.3, -0.25) is 4.79 Å². The summed E-state index contributed by atoms with van der Waals surface area (Å²) in [6.07, 6.45) is 2.37. The Balaban J connectivity index is 1.83. The van der Waals surface area contributed by atoms with Gasteiger partial charge in [-0.2, -0.15) is 0 Å². The third-order valence-corrected chi connectivity index (χ3v) is 4.78. The summed E-state index contributed by atoms with van der Waals surface area (Å²) < 4.78 is 0. The summed E-state index contributed by atoms with van der Waals surface area (Å²) in [7, 11) is 0. The Morgan fingerprint density at radius 2 is 1.71 bits per heavy atom. The molecule has 3 rings (SSSR count). The molecule has 1 fully saturated rings. The molecule has 1 aliphatic rings. The van der Waals surface area contributed by atoms with Gasteiger partial charge in [-0.25, -0.2) is 0 Å². The summed E-state index contributed by atoms with van der Waals surface area (Å²) in [5, 5.41) is 4.06. The lowest BCUT2D eigenvalue weighted by molar-refractivity contribution is -0.118. The molecular formula is C20H23ClN2O. The van der Waals surface area contributed by atoms with Crippen LogP contribution < -0.4 is 10.2 Å². The molecule has 1 amide bonds. The van der Waals surface area contributed by atoms with E-state index in [-0.39, 0.29) is 11.9 Å². The van der Waals surface area contributed by atoms with Crippen LogP contribution in [0.15, 0.2) is 48.5 Å². The van der Waals surface area contributed by atoms with Crippen molar-refractivity contribution < 1.29 is 4.79 Å². The summed E-state index contributed by atoms with van der Waals surface area (Å²) in [6, 6.07) is 16.0. The molecule has 3 nitrogen and oxygen atoms in total. The summed E-state index contributed by atoms with van der Waals surface area (Å²) in [5.74, 6) is 0.146. The van der Waals surface area contributed by atoms with Gasteiger partial charge < -0.3 is 10.2 Å². The number of amides is 1. The number of hydrogen-bond acceptors (Lipinski definition) is 2. The number of carbonyl (C=O) groups excluding carboxylic acids is 1. The van der Waals surface area contributed by atoms with Crippen molar-refractivity contribution in [3.63, 3.8) is 0 Å². The number of nitrogens with one attached hydrogen (secondary N) is 1. The number of carbonyl (C=O) groups is 1. The van der Waals surface area contributed by atoms with E-state index >= 15 is 0 Å². The number of rotatable bonds is 4. The molecule has 0 aliphatic carbocycles. The predicted octanol–water partition coefficient (Wildman–Crippen LogP) is 3.98. The lowest BCUT2D eigenvalue weighted by Gasteiger charge is -2.35. The Bertz CT molecular complexity index is 676. The fourth-order valence-corrected chi connectivity index (χ4v) is 3.32. The van der Waals surface area contributed by atoms with E-state index in [4.69, 9.17) is 11.6 Å². The number of halogens is 1. The average molecular weight is 343 g/mol. The van der Waals surface area contributed by atoms with Crippen LogP contribution in [-0.2, 0) is 11.2 Å². The topological polar surface area (TPSA) is 32.3 Å². The SMILES string of the molecule is Cc1ccc(CC(=O)N(c2ccc(Cl)cc2)C2CCNCC2)cc1. The number of aryl methyl sites for hydroxylation is 1. The van der Waals surface area contributed by atoms with Crippen LogP contribution in [0.4, 0.5) is 5.69 Å². The van der Waals surface area contributed by atoms with E-state index in [0.717, 1.165) is 37.2 Å². The Kier molecular flexibility index (Phi) is 5.54. The maximum atomic E-state index is 13.1. The standard InChI is InChI=1S/C20H23ClN2O/c1-15-2-4-16(5-3-15)14-20(24)23(19-10-12-22-13-11-19)18-8-6-17(21)7-9-18/h2-9,19,22H,10-14H2,1H3. The predicted molar refractivity (Wildman–Crippen MR) is 99.7 cm³/mol. The van der Waals surface area contributed by atoms with Gasteiger partial charge in [0.1, 0.15) is 0 Å². The van der Waals surface area contributed by atoms with Crippen molar-refractivity contribution in [2.75, 3.05) is 18.0 Å². The van der Waals surface area contributed by atoms with E-state index in [1.54, 1.807) is 0 Å². The van der Waals surface area contributed by atoms with Crippen LogP contribution in [0.5, 0.6) is 0 Å². The lowest BCUT2D eigenvalue weighted by atomic mass is 10.0. The first-order valence-corrected chi connectivity index (χ1v) is 8.85. The number of anilines is 1. The molecule has 0 atom stereocenters. The minimum atomic E-state index is 0.146. The lowest BCUT2D eigenvalue weighted by Crippen LogP contribution is -2.47. The molecular weight excluding hydrogens is 320 g/mol. The molecule has 0 unspecified atom stereocenters. The third kappa shape index (κ3) is 4.16. The monoisotopic (exact) mass is 342 g/mol. The van der Waals surface area contributed by atoms with Gasteiger partial charge in [-0.15, -0.1) is 0 Å². The van der Waals surface area contributed by atoms with Crippen LogP contribution in [0.1, 0.15) is 24.0 Å². The zero-order valence-corrected chi connectivity index (χ0v) is 14.7. The summed E-state index contributed by atoms with van der Waals surface area (Å²) >= 11 is 6.01. The van der Waals surface area contributed by atoms with Crippen molar-refractivity contribution in [3.05, 3.63) is 64.7 Å². The molecule has 24 heavy (non-hydrogen) atoms. The van der Waals surface area contributed by atoms with E-state index in [2.05, 4.69) is 24.4 Å². The molecule has 2 aromatic rings. The van der Waals surface area contributed by atoms with Crippen LogP contribution in [0.3, 0.4) is 0 Å². The summed E-state index contributed by atoms with van der Waals surface area (Å²) in [5.41, 5.74) is 3.20. The molecule has 0 aromatic heterocycles. The second-order valence-electron chi connectivity index (χ2n) is 6.38. The number of piperidine rings is 1. The second kappa shape index (κ2) is 7.82. The molecule has 1 aliphatic heterocycles. The van der Waals surface area contributed by atoms with E-state index in [0.29, 0.717) is 11.4 Å². The minimum absolute atomic E-state index is 0.146. The first-order valence-electron chi connectivity index (χ1n) is 8.47. The average Bonchev–Trinajstić information content (AvgIpc) is 2.60. The fourth-order valence-electron chi connectivity index (χ4n) is 3.19. The van der Waals surface area contributed by atoms with E-state index in [1.165, 1.54) is 5.56 Å². The Morgan fingerprint density at radius 3 is 2.33 bits per heavy atom. The molecule has 1 N–H and O–H groups in total. The Hall–Kier alpha value is -1.84. The minimum Gasteiger partial charge on any atom is -0.317 e. The van der Waals surface area contributed by atoms with Crippen LogP contribution >= 0.6 is 11.6 Å². The summed E-state index contributed by atoms with van der Waals surface area (Å²) in [6.45, 7) is 3.96. The molecule has 1 heterocycles. The fraction of sp³-hybridized carbons (Fsp3) is 0.350. The smallest absolute Gasteiger partial charge is 0.231 e. The Labute approximate surface area is 148 Å². The van der Waals surface area contributed by atoms with Gasteiger partial charge in [0.15, 0.2) is 0 Å². The van der Waals surface area contributed by atoms with Crippen molar-refractivity contribution in [1.82, 2.24) is 5.32 Å². The molecule has 126 valence electrons. The van der Waals surface area contributed by atoms with Crippen LogP contribution in [0, 0.1) is 6.92 Å². The number of benzene rings is 2. The normalized spacial score (nSPS) is 15.2. The molecule has 0 spiro atoms. The molecule has 0 bridgehead atoms. The zero-order chi connectivity index (χ0) is 16.9. The van der Waals surface area contributed by atoms with Crippen molar-refractivity contribution in [3.8, 4) is 0 Å². The van der Waals surface area contributed by atoms with Crippen molar-refractivity contribution in [1.29, 1.82) is 0 Å². The van der Waals surface area contributed by atoms with Gasteiger partial charge in [0.05, 0.1) is 6.42 Å². The highest BCUT2D eigenvalue weighted by molar-refractivity contribution is 6.30. The zero-order valence-electron chi connectivity index (χ0n) is 14.0. The van der Waals surface area contributed by atoms with Gasteiger partial charge in [0.25, 0.3) is 0 Å². The van der Waals surface area contributed by atoms with Crippen molar-refractivity contribution in [2.45, 2.75) is 32.2 Å². The Morgan fingerprint density at radius 1 is 1.08 bits per heavy atom. The van der Waals surface area contributed by atoms with Gasteiger partial charge in [-0.05, 0) is 62.7 Å². The maximum absolute atomic E-state index is 13.1. The highest BCUT2D eigenvalue weighted by atomic mass is 35.5. The van der Waals surface area contributed by atoms with Crippen molar-refractivity contribution >= 4 is 23.2 Å². The summed E-state index contributed by atoms with van der Waals surface area (Å²) in [4.78, 5) is 15.0. The van der Waals surface area contributed by atoms with Gasteiger partial charge in [0.2, 0.25) is 5.91 Å². The quantitative estimate of drug-likeness (QED) is 0.911. The number of nitrogens with zero attached hydrogens (tertiary/aromatic N) is 1.